The minimum Gasteiger partial charge on any atom is -0.496 e. The van der Waals surface area contributed by atoms with E-state index in [2.05, 4.69) is 30.0 Å². The predicted octanol–water partition coefficient (Wildman–Crippen LogP) is 1.68. The highest BCUT2D eigenvalue weighted by Crippen LogP contribution is 2.24. The normalized spacial score (nSPS) is 17.6. The van der Waals surface area contributed by atoms with Crippen LogP contribution in [0, 0.1) is 0 Å². The molecule has 0 spiro atoms. The Morgan fingerprint density at radius 3 is 2.65 bits per heavy atom. The summed E-state index contributed by atoms with van der Waals surface area (Å²) in [4.78, 5) is 4.85. The van der Waals surface area contributed by atoms with E-state index >= 15 is 0 Å². The largest absolute Gasteiger partial charge is 0.496 e. The first-order valence-electron chi connectivity index (χ1n) is 7.38. The van der Waals surface area contributed by atoms with Crippen LogP contribution in [0.1, 0.15) is 24.0 Å². The Kier molecular flexibility index (Phi) is 5.40. The number of hydrogen-bond acceptors (Lipinski definition) is 4. The number of ether oxygens (including phenoxy) is 1. The third-order valence-corrected chi connectivity index (χ3v) is 4.31. The Balaban J connectivity index is 2.04. The first kappa shape index (κ1) is 15.3. The van der Waals surface area contributed by atoms with E-state index in [4.69, 9.17) is 10.5 Å². The smallest absolute Gasteiger partial charge is 0.123 e. The molecule has 1 aliphatic rings. The molecular formula is C16H27N3O. The van der Waals surface area contributed by atoms with Crippen molar-refractivity contribution in [2.75, 3.05) is 34.3 Å². The highest BCUT2D eigenvalue weighted by Gasteiger charge is 2.21. The summed E-state index contributed by atoms with van der Waals surface area (Å²) >= 11 is 0. The Bertz CT molecular complexity index is 428. The van der Waals surface area contributed by atoms with Crippen molar-refractivity contribution in [1.82, 2.24) is 9.80 Å². The maximum atomic E-state index is 5.74. The third kappa shape index (κ3) is 3.72. The van der Waals surface area contributed by atoms with Crippen LogP contribution in [-0.2, 0) is 13.1 Å². The van der Waals surface area contributed by atoms with Gasteiger partial charge in [-0.15, -0.1) is 0 Å². The lowest BCUT2D eigenvalue weighted by Gasteiger charge is -2.35. The lowest BCUT2D eigenvalue weighted by molar-refractivity contribution is 0.138. The molecule has 1 aromatic rings. The van der Waals surface area contributed by atoms with Crippen molar-refractivity contribution in [3.05, 3.63) is 29.3 Å². The maximum Gasteiger partial charge on any atom is 0.123 e. The molecule has 1 saturated heterocycles. The van der Waals surface area contributed by atoms with Gasteiger partial charge in [-0.1, -0.05) is 6.07 Å². The standard InChI is InChI=1S/C16H27N3O/c1-18-8-6-15(7-9-18)19(2)12-14-10-13(11-17)4-5-16(14)20-3/h4-5,10,15H,6-9,11-12,17H2,1-3H3. The molecule has 0 unspecified atom stereocenters. The Hall–Kier alpha value is -1.10. The van der Waals surface area contributed by atoms with Crippen molar-refractivity contribution in [3.63, 3.8) is 0 Å². The quantitative estimate of drug-likeness (QED) is 0.889. The zero-order chi connectivity index (χ0) is 14.5. The summed E-state index contributed by atoms with van der Waals surface area (Å²) < 4.78 is 5.47. The number of rotatable bonds is 5. The molecule has 0 amide bonds. The zero-order valence-corrected chi connectivity index (χ0v) is 12.9. The maximum absolute atomic E-state index is 5.74. The summed E-state index contributed by atoms with van der Waals surface area (Å²) in [5.41, 5.74) is 8.14. The molecule has 4 heteroatoms. The van der Waals surface area contributed by atoms with Crippen molar-refractivity contribution >= 4 is 0 Å². The summed E-state index contributed by atoms with van der Waals surface area (Å²) in [7, 11) is 6.14. The van der Waals surface area contributed by atoms with Crippen LogP contribution in [0.3, 0.4) is 0 Å². The van der Waals surface area contributed by atoms with Gasteiger partial charge in [-0.2, -0.15) is 0 Å². The second kappa shape index (κ2) is 7.07. The molecule has 1 aliphatic heterocycles. The average molecular weight is 277 g/mol. The summed E-state index contributed by atoms with van der Waals surface area (Å²) in [5, 5.41) is 0. The van der Waals surface area contributed by atoms with Gasteiger partial charge in [0.1, 0.15) is 5.75 Å². The summed E-state index contributed by atoms with van der Waals surface area (Å²) in [5.74, 6) is 0.960. The van der Waals surface area contributed by atoms with E-state index in [-0.39, 0.29) is 0 Å². The van der Waals surface area contributed by atoms with E-state index in [0.29, 0.717) is 12.6 Å². The molecule has 0 atom stereocenters. The number of methoxy groups -OCH3 is 1. The topological polar surface area (TPSA) is 41.7 Å². The Morgan fingerprint density at radius 1 is 1.35 bits per heavy atom. The summed E-state index contributed by atoms with van der Waals surface area (Å²) in [6.07, 6.45) is 2.48. The van der Waals surface area contributed by atoms with Crippen LogP contribution in [0.2, 0.25) is 0 Å². The first-order valence-corrected chi connectivity index (χ1v) is 7.38. The summed E-state index contributed by atoms with van der Waals surface area (Å²) in [6, 6.07) is 6.90. The molecule has 1 fully saturated rings. The lowest BCUT2D eigenvalue weighted by atomic mass is 10.0. The van der Waals surface area contributed by atoms with Crippen LogP contribution in [-0.4, -0.2) is 50.1 Å². The molecule has 2 N–H and O–H groups in total. The number of nitrogens with zero attached hydrogens (tertiary/aromatic N) is 2. The van der Waals surface area contributed by atoms with Gasteiger partial charge in [0.05, 0.1) is 7.11 Å². The predicted molar refractivity (Wildman–Crippen MR) is 82.9 cm³/mol. The second-order valence-corrected chi connectivity index (χ2v) is 5.80. The van der Waals surface area contributed by atoms with Gasteiger partial charge in [0.25, 0.3) is 0 Å². The van der Waals surface area contributed by atoms with E-state index in [0.717, 1.165) is 17.9 Å². The molecule has 112 valence electrons. The molecule has 0 radical (unpaired) electrons. The van der Waals surface area contributed by atoms with Crippen LogP contribution >= 0.6 is 0 Å². The van der Waals surface area contributed by atoms with Crippen molar-refractivity contribution in [3.8, 4) is 5.75 Å². The van der Waals surface area contributed by atoms with Crippen molar-refractivity contribution in [1.29, 1.82) is 0 Å². The molecule has 4 nitrogen and oxygen atoms in total. The lowest BCUT2D eigenvalue weighted by Crippen LogP contribution is -2.41. The van der Waals surface area contributed by atoms with Gasteiger partial charge in [0, 0.05) is 24.7 Å². The fourth-order valence-electron chi connectivity index (χ4n) is 2.92. The highest BCUT2D eigenvalue weighted by molar-refractivity contribution is 5.37. The third-order valence-electron chi connectivity index (χ3n) is 4.31. The molecule has 2 rings (SSSR count). The zero-order valence-electron chi connectivity index (χ0n) is 12.9. The molecular weight excluding hydrogens is 250 g/mol. The van der Waals surface area contributed by atoms with Gasteiger partial charge in [0.15, 0.2) is 0 Å². The summed E-state index contributed by atoms with van der Waals surface area (Å²) in [6.45, 7) is 3.88. The first-order chi connectivity index (χ1) is 9.63. The average Bonchev–Trinajstić information content (AvgIpc) is 2.47. The molecule has 0 bridgehead atoms. The number of benzene rings is 1. The number of likely N-dealkylation sites (tertiary alicyclic amines) is 1. The number of hydrogen-bond donors (Lipinski definition) is 1. The minimum atomic E-state index is 0.578. The van der Waals surface area contributed by atoms with Crippen LogP contribution in [0.15, 0.2) is 18.2 Å². The van der Waals surface area contributed by atoms with Gasteiger partial charge >= 0.3 is 0 Å². The molecule has 0 aliphatic carbocycles. The van der Waals surface area contributed by atoms with Crippen LogP contribution in [0.4, 0.5) is 0 Å². The van der Waals surface area contributed by atoms with Crippen LogP contribution < -0.4 is 10.5 Å². The van der Waals surface area contributed by atoms with Gasteiger partial charge in [-0.05, 0) is 57.7 Å². The van der Waals surface area contributed by atoms with Crippen molar-refractivity contribution in [2.45, 2.75) is 32.0 Å². The van der Waals surface area contributed by atoms with E-state index in [9.17, 15) is 0 Å². The number of piperidine rings is 1. The van der Waals surface area contributed by atoms with E-state index in [1.54, 1.807) is 7.11 Å². The molecule has 20 heavy (non-hydrogen) atoms. The van der Waals surface area contributed by atoms with Gasteiger partial charge in [-0.3, -0.25) is 4.90 Å². The van der Waals surface area contributed by atoms with Crippen LogP contribution in [0.5, 0.6) is 5.75 Å². The Morgan fingerprint density at radius 2 is 2.05 bits per heavy atom. The van der Waals surface area contributed by atoms with Gasteiger partial charge in [0.2, 0.25) is 0 Å². The fraction of sp³-hybridized carbons (Fsp3) is 0.625. The van der Waals surface area contributed by atoms with Crippen molar-refractivity contribution in [2.24, 2.45) is 5.73 Å². The van der Waals surface area contributed by atoms with E-state index < -0.39 is 0 Å². The van der Waals surface area contributed by atoms with E-state index in [1.165, 1.54) is 31.5 Å². The molecule has 1 aromatic carbocycles. The van der Waals surface area contributed by atoms with Gasteiger partial charge in [-0.25, -0.2) is 0 Å². The monoisotopic (exact) mass is 277 g/mol. The molecule has 0 saturated carbocycles. The van der Waals surface area contributed by atoms with Crippen LogP contribution in [0.25, 0.3) is 0 Å². The minimum absolute atomic E-state index is 0.578. The fourth-order valence-corrected chi connectivity index (χ4v) is 2.92. The highest BCUT2D eigenvalue weighted by atomic mass is 16.5. The molecule has 0 aromatic heterocycles. The number of nitrogens with two attached hydrogens (primary N) is 1. The molecule has 1 heterocycles. The SMILES string of the molecule is COc1ccc(CN)cc1CN(C)C1CCN(C)CC1. The second-order valence-electron chi connectivity index (χ2n) is 5.80. The Labute approximate surface area is 122 Å². The van der Waals surface area contributed by atoms with E-state index in [1.807, 2.05) is 12.1 Å². The van der Waals surface area contributed by atoms with Crippen molar-refractivity contribution < 1.29 is 4.74 Å². The van der Waals surface area contributed by atoms with Gasteiger partial charge < -0.3 is 15.4 Å².